The molecule has 0 saturated carbocycles. The first-order valence-electron chi connectivity index (χ1n) is 5.50. The Kier molecular flexibility index (Phi) is 4.01. The first-order chi connectivity index (χ1) is 7.00. The topological polar surface area (TPSA) is 35.2 Å². The number of benzene rings is 1. The second-order valence-electron chi connectivity index (χ2n) is 4.51. The van der Waals surface area contributed by atoms with Crippen LogP contribution in [0.2, 0.25) is 0 Å². The van der Waals surface area contributed by atoms with Crippen molar-refractivity contribution in [1.82, 2.24) is 0 Å². The van der Waals surface area contributed by atoms with Gasteiger partial charge in [0.25, 0.3) is 0 Å². The lowest BCUT2D eigenvalue weighted by molar-refractivity contribution is 0.287. The maximum Gasteiger partial charge on any atom is 0.122 e. The fourth-order valence-electron chi connectivity index (χ4n) is 1.37. The predicted octanol–water partition coefficient (Wildman–Crippen LogP) is 3.31. The molecule has 0 aliphatic rings. The lowest BCUT2D eigenvalue weighted by atomic mass is 10.1. The van der Waals surface area contributed by atoms with Crippen LogP contribution < -0.4 is 10.5 Å². The molecule has 0 amide bonds. The molecule has 0 unspecified atom stereocenters. The van der Waals surface area contributed by atoms with Crippen LogP contribution in [0.15, 0.2) is 12.1 Å². The molecule has 0 aromatic heterocycles. The summed E-state index contributed by atoms with van der Waals surface area (Å²) in [5.74, 6) is 1.64. The lowest BCUT2D eigenvalue weighted by Gasteiger charge is -2.12. The number of nitrogen functional groups attached to an aromatic ring is 1. The number of rotatable bonds is 4. The summed E-state index contributed by atoms with van der Waals surface area (Å²) in [6.07, 6.45) is 1.09. The molecule has 0 aliphatic heterocycles. The van der Waals surface area contributed by atoms with Crippen molar-refractivity contribution in [1.29, 1.82) is 0 Å². The van der Waals surface area contributed by atoms with E-state index in [2.05, 4.69) is 13.8 Å². The Morgan fingerprint density at radius 1 is 1.20 bits per heavy atom. The van der Waals surface area contributed by atoms with Gasteiger partial charge in [-0.15, -0.1) is 0 Å². The molecule has 0 saturated heterocycles. The normalized spacial score (nSPS) is 10.7. The first kappa shape index (κ1) is 11.9. The maximum absolute atomic E-state index is 5.81. The highest BCUT2D eigenvalue weighted by Gasteiger charge is 2.03. The predicted molar refractivity (Wildman–Crippen MR) is 65.3 cm³/mol. The molecule has 0 spiro atoms. The summed E-state index contributed by atoms with van der Waals surface area (Å²) in [6, 6.07) is 3.99. The third-order valence-electron chi connectivity index (χ3n) is 2.52. The molecule has 84 valence electrons. The highest BCUT2D eigenvalue weighted by molar-refractivity contribution is 5.53. The average Bonchev–Trinajstić information content (AvgIpc) is 2.13. The van der Waals surface area contributed by atoms with Gasteiger partial charge in [0.05, 0.1) is 6.61 Å². The SMILES string of the molecule is Cc1cc(OCCC(C)C)c(C)cc1N. The van der Waals surface area contributed by atoms with Crippen molar-refractivity contribution < 1.29 is 4.74 Å². The lowest BCUT2D eigenvalue weighted by Crippen LogP contribution is -2.03. The van der Waals surface area contributed by atoms with E-state index in [9.17, 15) is 0 Å². The van der Waals surface area contributed by atoms with E-state index in [1.807, 2.05) is 26.0 Å². The molecule has 1 rings (SSSR count). The molecule has 0 fully saturated rings. The third kappa shape index (κ3) is 3.46. The van der Waals surface area contributed by atoms with Gasteiger partial charge in [-0.3, -0.25) is 0 Å². The molecule has 2 nitrogen and oxygen atoms in total. The molecule has 0 bridgehead atoms. The van der Waals surface area contributed by atoms with Gasteiger partial charge in [-0.1, -0.05) is 13.8 Å². The summed E-state index contributed by atoms with van der Waals surface area (Å²) in [7, 11) is 0. The van der Waals surface area contributed by atoms with Crippen LogP contribution in [0.4, 0.5) is 5.69 Å². The smallest absolute Gasteiger partial charge is 0.122 e. The van der Waals surface area contributed by atoms with Gasteiger partial charge >= 0.3 is 0 Å². The van der Waals surface area contributed by atoms with Crippen LogP contribution >= 0.6 is 0 Å². The quantitative estimate of drug-likeness (QED) is 0.769. The minimum Gasteiger partial charge on any atom is -0.493 e. The fraction of sp³-hybridized carbons (Fsp3) is 0.538. The number of ether oxygens (including phenoxy) is 1. The summed E-state index contributed by atoms with van der Waals surface area (Å²) < 4.78 is 5.73. The molecule has 0 heterocycles. The summed E-state index contributed by atoms with van der Waals surface area (Å²) in [5.41, 5.74) is 8.84. The Labute approximate surface area is 92.4 Å². The Hall–Kier alpha value is -1.18. The number of anilines is 1. The molecular formula is C13H21NO. The van der Waals surface area contributed by atoms with E-state index in [4.69, 9.17) is 10.5 Å². The molecule has 0 radical (unpaired) electrons. The Morgan fingerprint density at radius 2 is 1.87 bits per heavy atom. The Bertz CT molecular complexity index is 332. The van der Waals surface area contributed by atoms with Gasteiger partial charge in [-0.25, -0.2) is 0 Å². The maximum atomic E-state index is 5.81. The number of aryl methyl sites for hydroxylation is 2. The Morgan fingerprint density at radius 3 is 2.47 bits per heavy atom. The monoisotopic (exact) mass is 207 g/mol. The minimum absolute atomic E-state index is 0.681. The summed E-state index contributed by atoms with van der Waals surface area (Å²) >= 11 is 0. The van der Waals surface area contributed by atoms with Crippen molar-refractivity contribution in [3.63, 3.8) is 0 Å². The highest BCUT2D eigenvalue weighted by atomic mass is 16.5. The van der Waals surface area contributed by atoms with Gasteiger partial charge in [0.1, 0.15) is 5.75 Å². The second kappa shape index (κ2) is 5.06. The molecule has 0 atom stereocenters. The van der Waals surface area contributed by atoms with Crippen LogP contribution in [0, 0.1) is 19.8 Å². The molecular weight excluding hydrogens is 186 g/mol. The number of hydrogen-bond acceptors (Lipinski definition) is 2. The molecule has 1 aromatic rings. The molecule has 2 N–H and O–H groups in total. The van der Waals surface area contributed by atoms with Crippen LogP contribution in [0.3, 0.4) is 0 Å². The van der Waals surface area contributed by atoms with E-state index in [1.54, 1.807) is 0 Å². The fourth-order valence-corrected chi connectivity index (χ4v) is 1.37. The van der Waals surface area contributed by atoms with Gasteiger partial charge in [0.15, 0.2) is 0 Å². The standard InChI is InChI=1S/C13H21NO/c1-9(2)5-6-15-13-8-10(3)12(14)7-11(13)4/h7-9H,5-6,14H2,1-4H3. The van der Waals surface area contributed by atoms with Crippen LogP contribution in [-0.2, 0) is 0 Å². The largest absolute Gasteiger partial charge is 0.493 e. The second-order valence-corrected chi connectivity index (χ2v) is 4.51. The zero-order chi connectivity index (χ0) is 11.4. The molecule has 0 aliphatic carbocycles. The summed E-state index contributed by atoms with van der Waals surface area (Å²) in [6.45, 7) is 9.21. The zero-order valence-electron chi connectivity index (χ0n) is 10.1. The Balaban J connectivity index is 2.65. The highest BCUT2D eigenvalue weighted by Crippen LogP contribution is 2.24. The van der Waals surface area contributed by atoms with Gasteiger partial charge in [0.2, 0.25) is 0 Å². The van der Waals surface area contributed by atoms with E-state index >= 15 is 0 Å². The number of hydrogen-bond donors (Lipinski definition) is 1. The van der Waals surface area contributed by atoms with E-state index < -0.39 is 0 Å². The molecule has 1 aromatic carbocycles. The van der Waals surface area contributed by atoms with Crippen molar-refractivity contribution in [3.8, 4) is 5.75 Å². The van der Waals surface area contributed by atoms with Gasteiger partial charge in [-0.2, -0.15) is 0 Å². The summed E-state index contributed by atoms with van der Waals surface area (Å²) in [5, 5.41) is 0. The van der Waals surface area contributed by atoms with Crippen molar-refractivity contribution in [2.24, 2.45) is 5.92 Å². The van der Waals surface area contributed by atoms with Gasteiger partial charge < -0.3 is 10.5 Å². The van der Waals surface area contributed by atoms with E-state index in [0.29, 0.717) is 5.92 Å². The molecule has 2 heteroatoms. The third-order valence-corrected chi connectivity index (χ3v) is 2.52. The minimum atomic E-state index is 0.681. The van der Waals surface area contributed by atoms with E-state index in [-0.39, 0.29) is 0 Å². The van der Waals surface area contributed by atoms with E-state index in [1.165, 1.54) is 0 Å². The van der Waals surface area contributed by atoms with Crippen molar-refractivity contribution >= 4 is 5.69 Å². The van der Waals surface area contributed by atoms with Crippen molar-refractivity contribution in [3.05, 3.63) is 23.3 Å². The van der Waals surface area contributed by atoms with Gasteiger partial charge in [-0.05, 0) is 49.4 Å². The van der Waals surface area contributed by atoms with Gasteiger partial charge in [0, 0.05) is 5.69 Å². The first-order valence-corrected chi connectivity index (χ1v) is 5.50. The van der Waals surface area contributed by atoms with Crippen molar-refractivity contribution in [2.75, 3.05) is 12.3 Å². The van der Waals surface area contributed by atoms with Crippen molar-refractivity contribution in [2.45, 2.75) is 34.1 Å². The average molecular weight is 207 g/mol. The van der Waals surface area contributed by atoms with E-state index in [0.717, 1.165) is 35.6 Å². The molecule has 15 heavy (non-hydrogen) atoms. The van der Waals surface area contributed by atoms with Crippen LogP contribution in [-0.4, -0.2) is 6.61 Å². The van der Waals surface area contributed by atoms with Crippen LogP contribution in [0.25, 0.3) is 0 Å². The zero-order valence-corrected chi connectivity index (χ0v) is 10.1. The van der Waals surface area contributed by atoms with Crippen LogP contribution in [0.1, 0.15) is 31.4 Å². The number of nitrogens with two attached hydrogens (primary N) is 1. The van der Waals surface area contributed by atoms with Crippen LogP contribution in [0.5, 0.6) is 5.75 Å². The summed E-state index contributed by atoms with van der Waals surface area (Å²) in [4.78, 5) is 0.